The van der Waals surface area contributed by atoms with Crippen LogP contribution < -0.4 is 5.73 Å². The summed E-state index contributed by atoms with van der Waals surface area (Å²) < 4.78 is 1.01. The van der Waals surface area contributed by atoms with Gasteiger partial charge in [0, 0.05) is 21.2 Å². The summed E-state index contributed by atoms with van der Waals surface area (Å²) >= 11 is 3.55. The van der Waals surface area contributed by atoms with E-state index < -0.39 is 0 Å². The average molecular weight is 279 g/mol. The summed E-state index contributed by atoms with van der Waals surface area (Å²) in [5.41, 5.74) is 10.1. The number of fused-ring (bicyclic) bond motifs is 1. The van der Waals surface area contributed by atoms with Crippen LogP contribution in [-0.4, -0.2) is 4.98 Å². The van der Waals surface area contributed by atoms with Crippen molar-refractivity contribution in [3.05, 3.63) is 33.9 Å². The second-order valence-electron chi connectivity index (χ2n) is 4.43. The zero-order valence-corrected chi connectivity index (χ0v) is 11.3. The number of hydrogen-bond donors (Lipinski definition) is 1. The van der Waals surface area contributed by atoms with E-state index in [0.29, 0.717) is 5.92 Å². The van der Waals surface area contributed by atoms with Gasteiger partial charge in [-0.25, -0.2) is 0 Å². The van der Waals surface area contributed by atoms with Crippen LogP contribution in [0.3, 0.4) is 0 Å². The van der Waals surface area contributed by atoms with Crippen molar-refractivity contribution in [2.24, 2.45) is 0 Å². The first-order valence-electron chi connectivity index (χ1n) is 5.35. The van der Waals surface area contributed by atoms with Crippen molar-refractivity contribution < 1.29 is 0 Å². The van der Waals surface area contributed by atoms with Gasteiger partial charge in [0.15, 0.2) is 0 Å². The predicted octanol–water partition coefficient (Wildman–Crippen LogP) is 4.01. The van der Waals surface area contributed by atoms with Gasteiger partial charge in [0.2, 0.25) is 0 Å². The minimum Gasteiger partial charge on any atom is -0.398 e. The number of nitrogens with two attached hydrogens (primary N) is 1. The fourth-order valence-corrected chi connectivity index (χ4v) is 2.43. The molecule has 1 aromatic carbocycles. The minimum absolute atomic E-state index is 0.389. The third kappa shape index (κ3) is 1.92. The maximum absolute atomic E-state index is 6.07. The molecule has 0 atom stereocenters. The van der Waals surface area contributed by atoms with Crippen molar-refractivity contribution in [2.45, 2.75) is 26.7 Å². The van der Waals surface area contributed by atoms with E-state index in [2.05, 4.69) is 53.8 Å². The summed E-state index contributed by atoms with van der Waals surface area (Å²) in [6, 6.07) is 6.12. The van der Waals surface area contributed by atoms with Gasteiger partial charge in [-0.2, -0.15) is 0 Å². The summed E-state index contributed by atoms with van der Waals surface area (Å²) in [5, 5.41) is 1.02. The molecule has 1 aromatic heterocycles. The molecule has 2 aromatic rings. The molecule has 0 aliphatic rings. The molecule has 0 aliphatic carbocycles. The van der Waals surface area contributed by atoms with Gasteiger partial charge in [-0.15, -0.1) is 0 Å². The minimum atomic E-state index is 0.389. The van der Waals surface area contributed by atoms with Gasteiger partial charge >= 0.3 is 0 Å². The topological polar surface area (TPSA) is 38.9 Å². The Morgan fingerprint density at radius 3 is 2.56 bits per heavy atom. The summed E-state index contributed by atoms with van der Waals surface area (Å²) in [4.78, 5) is 4.65. The molecule has 3 heteroatoms. The molecule has 0 bridgehead atoms. The zero-order valence-electron chi connectivity index (χ0n) is 9.71. The van der Waals surface area contributed by atoms with Crippen molar-refractivity contribution in [3.63, 3.8) is 0 Å². The highest BCUT2D eigenvalue weighted by atomic mass is 79.9. The standard InChI is InChI=1S/C13H15BrN2/c1-7(2)12-6-11(15)9-4-8(3)5-10(14)13(9)16-12/h4-7H,1-3H3,(H2,15,16). The summed E-state index contributed by atoms with van der Waals surface area (Å²) in [6.45, 7) is 6.30. The summed E-state index contributed by atoms with van der Waals surface area (Å²) in [5.74, 6) is 0.389. The molecular weight excluding hydrogens is 264 g/mol. The van der Waals surface area contributed by atoms with E-state index in [1.165, 1.54) is 5.56 Å². The number of nitrogen functional groups attached to an aromatic ring is 1. The Hall–Kier alpha value is -1.09. The quantitative estimate of drug-likeness (QED) is 0.856. The number of anilines is 1. The van der Waals surface area contributed by atoms with E-state index in [9.17, 15) is 0 Å². The van der Waals surface area contributed by atoms with E-state index >= 15 is 0 Å². The Morgan fingerprint density at radius 1 is 1.25 bits per heavy atom. The first-order chi connectivity index (χ1) is 7.49. The molecule has 0 saturated heterocycles. The van der Waals surface area contributed by atoms with Crippen LogP contribution in [0.4, 0.5) is 5.69 Å². The number of rotatable bonds is 1. The van der Waals surface area contributed by atoms with Crippen molar-refractivity contribution in [1.82, 2.24) is 4.98 Å². The molecule has 0 unspecified atom stereocenters. The highest BCUT2D eigenvalue weighted by Gasteiger charge is 2.09. The normalized spacial score (nSPS) is 11.3. The molecule has 16 heavy (non-hydrogen) atoms. The van der Waals surface area contributed by atoms with Gasteiger partial charge in [0.05, 0.1) is 5.52 Å². The number of aromatic nitrogens is 1. The van der Waals surface area contributed by atoms with Gasteiger partial charge in [0.1, 0.15) is 0 Å². The smallest absolute Gasteiger partial charge is 0.0868 e. The molecule has 1 heterocycles. The highest BCUT2D eigenvalue weighted by Crippen LogP contribution is 2.30. The molecule has 0 amide bonds. The van der Waals surface area contributed by atoms with Gasteiger partial charge in [0.25, 0.3) is 0 Å². The lowest BCUT2D eigenvalue weighted by Gasteiger charge is -2.10. The van der Waals surface area contributed by atoms with Gasteiger partial charge in [-0.3, -0.25) is 4.98 Å². The lowest BCUT2D eigenvalue weighted by atomic mass is 10.1. The van der Waals surface area contributed by atoms with Crippen LogP contribution in [0, 0.1) is 6.92 Å². The number of hydrogen-bond acceptors (Lipinski definition) is 2. The average Bonchev–Trinajstić information content (AvgIpc) is 2.19. The van der Waals surface area contributed by atoms with E-state index in [1.807, 2.05) is 6.07 Å². The molecule has 0 radical (unpaired) electrons. The molecule has 0 fully saturated rings. The fourth-order valence-electron chi connectivity index (χ4n) is 1.76. The van der Waals surface area contributed by atoms with E-state index in [-0.39, 0.29) is 0 Å². The van der Waals surface area contributed by atoms with Crippen LogP contribution in [0.2, 0.25) is 0 Å². The van der Waals surface area contributed by atoms with Gasteiger partial charge in [-0.1, -0.05) is 13.8 Å². The SMILES string of the molecule is Cc1cc(Br)c2nc(C(C)C)cc(N)c2c1. The van der Waals surface area contributed by atoms with Crippen molar-refractivity contribution in [3.8, 4) is 0 Å². The van der Waals surface area contributed by atoms with Gasteiger partial charge < -0.3 is 5.73 Å². The molecule has 2 nitrogen and oxygen atoms in total. The number of halogens is 1. The van der Waals surface area contributed by atoms with Crippen LogP contribution in [0.1, 0.15) is 31.0 Å². The van der Waals surface area contributed by atoms with Crippen LogP contribution in [-0.2, 0) is 0 Å². The van der Waals surface area contributed by atoms with E-state index in [0.717, 1.165) is 26.8 Å². The van der Waals surface area contributed by atoms with Crippen molar-refractivity contribution in [1.29, 1.82) is 0 Å². The van der Waals surface area contributed by atoms with Crippen LogP contribution in [0.15, 0.2) is 22.7 Å². The Labute approximate surface area is 104 Å². The van der Waals surface area contributed by atoms with Crippen molar-refractivity contribution >= 4 is 32.5 Å². The third-order valence-electron chi connectivity index (χ3n) is 2.65. The maximum atomic E-state index is 6.07. The Kier molecular flexibility index (Phi) is 2.89. The fraction of sp³-hybridized carbons (Fsp3) is 0.308. The summed E-state index contributed by atoms with van der Waals surface area (Å²) in [6.07, 6.45) is 0. The maximum Gasteiger partial charge on any atom is 0.0868 e. The highest BCUT2D eigenvalue weighted by molar-refractivity contribution is 9.10. The third-order valence-corrected chi connectivity index (χ3v) is 3.26. The van der Waals surface area contributed by atoms with E-state index in [1.54, 1.807) is 0 Å². The Morgan fingerprint density at radius 2 is 1.94 bits per heavy atom. The zero-order chi connectivity index (χ0) is 11.9. The molecule has 2 N–H and O–H groups in total. The second kappa shape index (κ2) is 4.06. The summed E-state index contributed by atoms with van der Waals surface area (Å²) in [7, 11) is 0. The molecule has 0 saturated carbocycles. The molecule has 0 aliphatic heterocycles. The lowest BCUT2D eigenvalue weighted by molar-refractivity contribution is 0.830. The first kappa shape index (κ1) is 11.4. The monoisotopic (exact) mass is 278 g/mol. The van der Waals surface area contributed by atoms with Crippen LogP contribution in [0.5, 0.6) is 0 Å². The molecule has 2 rings (SSSR count). The largest absolute Gasteiger partial charge is 0.398 e. The Bertz CT molecular complexity index is 547. The van der Waals surface area contributed by atoms with E-state index in [4.69, 9.17) is 5.73 Å². The Balaban J connectivity index is 2.82. The predicted molar refractivity (Wildman–Crippen MR) is 72.7 cm³/mol. The van der Waals surface area contributed by atoms with Crippen molar-refractivity contribution in [2.75, 3.05) is 5.73 Å². The number of pyridine rings is 1. The number of aryl methyl sites for hydroxylation is 1. The molecule has 84 valence electrons. The second-order valence-corrected chi connectivity index (χ2v) is 5.29. The van der Waals surface area contributed by atoms with Gasteiger partial charge in [-0.05, 0) is 52.5 Å². The number of benzene rings is 1. The van der Waals surface area contributed by atoms with Crippen LogP contribution >= 0.6 is 15.9 Å². The number of nitrogens with zero attached hydrogens (tertiary/aromatic N) is 1. The van der Waals surface area contributed by atoms with Crippen LogP contribution in [0.25, 0.3) is 10.9 Å². The lowest BCUT2D eigenvalue weighted by Crippen LogP contribution is -1.98. The first-order valence-corrected chi connectivity index (χ1v) is 6.14. The molecular formula is C13H15BrN2. The molecule has 0 spiro atoms.